The Labute approximate surface area is 102 Å². The van der Waals surface area contributed by atoms with E-state index in [4.69, 9.17) is 5.73 Å². The third kappa shape index (κ3) is 2.18. The van der Waals surface area contributed by atoms with Crippen molar-refractivity contribution >= 4 is 5.82 Å². The van der Waals surface area contributed by atoms with Gasteiger partial charge in [-0.15, -0.1) is 0 Å². The van der Waals surface area contributed by atoms with Crippen LogP contribution in [0.4, 0.5) is 5.82 Å². The van der Waals surface area contributed by atoms with Gasteiger partial charge in [0.2, 0.25) is 0 Å². The molecule has 2 aromatic rings. The van der Waals surface area contributed by atoms with Gasteiger partial charge in [-0.3, -0.25) is 0 Å². The number of benzene rings is 1. The standard InChI is InChI=1S/C14H19N3/c1-3-8-13-12(4-2)14(15)17(16-13)11-9-6-5-7-10-11/h5-7,9-10H,3-4,8,15H2,1-2H3. The summed E-state index contributed by atoms with van der Waals surface area (Å²) in [5, 5.41) is 4.63. The zero-order valence-corrected chi connectivity index (χ0v) is 10.5. The van der Waals surface area contributed by atoms with Gasteiger partial charge in [-0.25, -0.2) is 4.68 Å². The number of aromatic nitrogens is 2. The van der Waals surface area contributed by atoms with E-state index in [1.54, 1.807) is 0 Å². The van der Waals surface area contributed by atoms with Crippen molar-refractivity contribution in [2.75, 3.05) is 5.73 Å². The zero-order chi connectivity index (χ0) is 12.3. The molecule has 0 unspecified atom stereocenters. The SMILES string of the molecule is CCCc1nn(-c2ccccc2)c(N)c1CC. The molecule has 3 nitrogen and oxygen atoms in total. The van der Waals surface area contributed by atoms with Crippen molar-refractivity contribution in [3.63, 3.8) is 0 Å². The maximum Gasteiger partial charge on any atom is 0.130 e. The highest BCUT2D eigenvalue weighted by Crippen LogP contribution is 2.22. The molecule has 0 aliphatic rings. The van der Waals surface area contributed by atoms with Crippen molar-refractivity contribution in [1.29, 1.82) is 0 Å². The Kier molecular flexibility index (Phi) is 3.47. The van der Waals surface area contributed by atoms with Crippen LogP contribution >= 0.6 is 0 Å². The normalized spacial score (nSPS) is 10.7. The first kappa shape index (κ1) is 11.7. The van der Waals surface area contributed by atoms with E-state index in [9.17, 15) is 0 Å². The van der Waals surface area contributed by atoms with Crippen molar-refractivity contribution in [3.8, 4) is 5.69 Å². The van der Waals surface area contributed by atoms with Crippen molar-refractivity contribution in [2.45, 2.75) is 33.1 Å². The van der Waals surface area contributed by atoms with Crippen LogP contribution in [0.1, 0.15) is 31.5 Å². The largest absolute Gasteiger partial charge is 0.383 e. The Morgan fingerprint density at radius 1 is 1.18 bits per heavy atom. The predicted octanol–water partition coefficient (Wildman–Crippen LogP) is 2.97. The fourth-order valence-corrected chi connectivity index (χ4v) is 2.10. The quantitative estimate of drug-likeness (QED) is 0.876. The van der Waals surface area contributed by atoms with E-state index in [1.165, 1.54) is 5.56 Å². The summed E-state index contributed by atoms with van der Waals surface area (Å²) in [6, 6.07) is 10.1. The van der Waals surface area contributed by atoms with Crippen molar-refractivity contribution < 1.29 is 0 Å². The number of para-hydroxylation sites is 1. The Hall–Kier alpha value is -1.77. The van der Waals surface area contributed by atoms with Crippen molar-refractivity contribution in [3.05, 3.63) is 41.6 Å². The molecule has 90 valence electrons. The molecule has 0 fully saturated rings. The maximum absolute atomic E-state index is 6.18. The minimum absolute atomic E-state index is 0.780. The van der Waals surface area contributed by atoms with E-state index < -0.39 is 0 Å². The first-order chi connectivity index (χ1) is 8.27. The molecule has 1 aromatic heterocycles. The van der Waals surface area contributed by atoms with Crippen LogP contribution in [0.3, 0.4) is 0 Å². The van der Waals surface area contributed by atoms with Gasteiger partial charge >= 0.3 is 0 Å². The minimum atomic E-state index is 0.780. The summed E-state index contributed by atoms with van der Waals surface area (Å²) in [6.45, 7) is 4.29. The van der Waals surface area contributed by atoms with Gasteiger partial charge in [-0.2, -0.15) is 5.10 Å². The zero-order valence-electron chi connectivity index (χ0n) is 10.5. The molecule has 0 amide bonds. The van der Waals surface area contributed by atoms with Crippen LogP contribution in [0.25, 0.3) is 5.69 Å². The van der Waals surface area contributed by atoms with Crippen LogP contribution in [0.5, 0.6) is 0 Å². The lowest BCUT2D eigenvalue weighted by Crippen LogP contribution is -2.02. The van der Waals surface area contributed by atoms with Crippen LogP contribution in [-0.4, -0.2) is 9.78 Å². The van der Waals surface area contributed by atoms with Gasteiger partial charge in [-0.05, 0) is 25.0 Å². The van der Waals surface area contributed by atoms with Crippen molar-refractivity contribution in [1.82, 2.24) is 9.78 Å². The third-order valence-electron chi connectivity index (χ3n) is 2.95. The molecular weight excluding hydrogens is 210 g/mol. The van der Waals surface area contributed by atoms with Gasteiger partial charge in [0.25, 0.3) is 0 Å². The number of rotatable bonds is 4. The first-order valence-corrected chi connectivity index (χ1v) is 6.19. The monoisotopic (exact) mass is 229 g/mol. The van der Waals surface area contributed by atoms with Gasteiger partial charge in [0.1, 0.15) is 5.82 Å². The Bertz CT molecular complexity index is 486. The lowest BCUT2D eigenvalue weighted by Gasteiger charge is -2.03. The molecule has 0 aliphatic carbocycles. The second-order valence-electron chi connectivity index (χ2n) is 4.16. The molecule has 2 N–H and O–H groups in total. The minimum Gasteiger partial charge on any atom is -0.383 e. The maximum atomic E-state index is 6.18. The molecule has 17 heavy (non-hydrogen) atoms. The number of aryl methyl sites for hydroxylation is 1. The highest BCUT2D eigenvalue weighted by molar-refractivity contribution is 5.50. The second kappa shape index (κ2) is 5.04. The van der Waals surface area contributed by atoms with E-state index in [-0.39, 0.29) is 0 Å². The fraction of sp³-hybridized carbons (Fsp3) is 0.357. The van der Waals surface area contributed by atoms with E-state index in [2.05, 4.69) is 18.9 Å². The fourth-order valence-electron chi connectivity index (χ4n) is 2.10. The van der Waals surface area contributed by atoms with Crippen LogP contribution in [0, 0.1) is 0 Å². The third-order valence-corrected chi connectivity index (χ3v) is 2.95. The van der Waals surface area contributed by atoms with E-state index in [1.807, 2.05) is 35.0 Å². The molecule has 0 saturated carbocycles. The Morgan fingerprint density at radius 3 is 2.47 bits per heavy atom. The summed E-state index contributed by atoms with van der Waals surface area (Å²) in [4.78, 5) is 0. The molecule has 0 atom stereocenters. The first-order valence-electron chi connectivity index (χ1n) is 6.19. The van der Waals surface area contributed by atoms with Gasteiger partial charge in [0, 0.05) is 5.56 Å². The number of hydrogen-bond acceptors (Lipinski definition) is 2. The molecule has 0 aliphatic heterocycles. The molecule has 0 radical (unpaired) electrons. The molecule has 3 heteroatoms. The molecule has 2 rings (SSSR count). The smallest absolute Gasteiger partial charge is 0.130 e. The highest BCUT2D eigenvalue weighted by atomic mass is 15.3. The second-order valence-corrected chi connectivity index (χ2v) is 4.16. The number of hydrogen-bond donors (Lipinski definition) is 1. The summed E-state index contributed by atoms with van der Waals surface area (Å²) in [6.07, 6.45) is 3.03. The van der Waals surface area contributed by atoms with Crippen LogP contribution in [0.2, 0.25) is 0 Å². The summed E-state index contributed by atoms with van der Waals surface area (Å²) >= 11 is 0. The number of nitrogen functional groups attached to an aromatic ring is 1. The van der Waals surface area contributed by atoms with Crippen LogP contribution < -0.4 is 5.73 Å². The Morgan fingerprint density at radius 2 is 1.88 bits per heavy atom. The van der Waals surface area contributed by atoms with Crippen LogP contribution in [0.15, 0.2) is 30.3 Å². The van der Waals surface area contributed by atoms with E-state index in [0.29, 0.717) is 0 Å². The lowest BCUT2D eigenvalue weighted by atomic mass is 10.1. The average molecular weight is 229 g/mol. The average Bonchev–Trinajstić information content (AvgIpc) is 2.67. The number of nitrogens with zero attached hydrogens (tertiary/aromatic N) is 2. The molecule has 0 bridgehead atoms. The summed E-state index contributed by atoms with van der Waals surface area (Å²) in [5.74, 6) is 0.780. The lowest BCUT2D eigenvalue weighted by molar-refractivity contribution is 0.807. The molecule has 1 aromatic carbocycles. The predicted molar refractivity (Wildman–Crippen MR) is 71.3 cm³/mol. The molecule has 0 saturated heterocycles. The highest BCUT2D eigenvalue weighted by Gasteiger charge is 2.13. The summed E-state index contributed by atoms with van der Waals surface area (Å²) in [7, 11) is 0. The van der Waals surface area contributed by atoms with Gasteiger partial charge in [0.05, 0.1) is 11.4 Å². The molecule has 0 spiro atoms. The number of nitrogens with two attached hydrogens (primary N) is 1. The van der Waals surface area contributed by atoms with E-state index in [0.717, 1.165) is 36.5 Å². The number of anilines is 1. The Balaban J connectivity index is 2.49. The van der Waals surface area contributed by atoms with Gasteiger partial charge < -0.3 is 5.73 Å². The molecule has 1 heterocycles. The topological polar surface area (TPSA) is 43.8 Å². The summed E-state index contributed by atoms with van der Waals surface area (Å²) in [5.41, 5.74) is 9.53. The van der Waals surface area contributed by atoms with Gasteiger partial charge in [0.15, 0.2) is 0 Å². The van der Waals surface area contributed by atoms with E-state index >= 15 is 0 Å². The summed E-state index contributed by atoms with van der Waals surface area (Å²) < 4.78 is 1.85. The van der Waals surface area contributed by atoms with Gasteiger partial charge in [-0.1, -0.05) is 38.5 Å². The molecular formula is C14H19N3. The van der Waals surface area contributed by atoms with Crippen LogP contribution in [-0.2, 0) is 12.8 Å². The van der Waals surface area contributed by atoms with Crippen molar-refractivity contribution in [2.24, 2.45) is 0 Å².